The number of unbranched alkanes of at least 4 members (excludes halogenated alkanes) is 3. The van der Waals surface area contributed by atoms with Crippen molar-refractivity contribution < 1.29 is 9.59 Å². The number of aromatic nitrogens is 1. The number of carbonyl (C=O) groups is 2. The van der Waals surface area contributed by atoms with Gasteiger partial charge >= 0.3 is 0 Å². The minimum Gasteiger partial charge on any atom is -0.356 e. The smallest absolute Gasteiger partial charge is 0.243 e. The molecule has 3 aromatic rings. The topological polar surface area (TPSA) is 74.3 Å². The largest absolute Gasteiger partial charge is 0.356 e. The molecule has 1 aliphatic heterocycles. The van der Waals surface area contributed by atoms with Gasteiger partial charge in [-0.15, -0.1) is 0 Å². The second-order valence-electron chi connectivity index (χ2n) is 10.2. The van der Waals surface area contributed by atoms with Crippen LogP contribution in [-0.4, -0.2) is 47.9 Å². The highest BCUT2D eigenvalue weighted by Crippen LogP contribution is 2.32. The number of benzene rings is 2. The standard InChI is InChI=1S/C33H40N4O2/c38-31(20-19-27-13-11-21-34-25-27)35-22-9-1-2-10-23-36-33(39)30-18-12-24-37(26-30)32(28-14-5-3-6-15-28)29-16-7-4-8-17-29/h3-8,11,13-17,19-21,25,30,32H,1-2,9-10,12,18,22-24,26H2,(H,35,38)(H,36,39). The van der Waals surface area contributed by atoms with Crippen molar-refractivity contribution in [1.82, 2.24) is 20.5 Å². The lowest BCUT2D eigenvalue weighted by Crippen LogP contribution is -2.44. The Labute approximate surface area is 232 Å². The Kier molecular flexibility index (Phi) is 11.3. The molecule has 0 bridgehead atoms. The van der Waals surface area contributed by atoms with Crippen molar-refractivity contribution in [2.45, 2.75) is 44.6 Å². The summed E-state index contributed by atoms with van der Waals surface area (Å²) in [4.78, 5) is 31.5. The molecule has 0 spiro atoms. The summed E-state index contributed by atoms with van der Waals surface area (Å²) in [7, 11) is 0. The van der Waals surface area contributed by atoms with Crippen LogP contribution in [0.25, 0.3) is 6.08 Å². The second-order valence-corrected chi connectivity index (χ2v) is 10.2. The lowest BCUT2D eigenvalue weighted by Gasteiger charge is -2.38. The normalized spacial score (nSPS) is 15.9. The molecule has 6 nitrogen and oxygen atoms in total. The molecule has 1 saturated heterocycles. The van der Waals surface area contributed by atoms with Gasteiger partial charge in [0.15, 0.2) is 0 Å². The van der Waals surface area contributed by atoms with Crippen LogP contribution in [0.2, 0.25) is 0 Å². The first kappa shape index (κ1) is 28.2. The predicted molar refractivity (Wildman–Crippen MR) is 157 cm³/mol. The maximum absolute atomic E-state index is 13.0. The van der Waals surface area contributed by atoms with Crippen LogP contribution in [0.5, 0.6) is 0 Å². The van der Waals surface area contributed by atoms with Gasteiger partial charge in [-0.05, 0) is 61.1 Å². The molecular weight excluding hydrogens is 484 g/mol. The number of likely N-dealkylation sites (tertiary alicyclic amines) is 1. The molecule has 0 aliphatic carbocycles. The van der Waals surface area contributed by atoms with Gasteiger partial charge in [0, 0.05) is 38.1 Å². The summed E-state index contributed by atoms with van der Waals surface area (Å²) < 4.78 is 0. The van der Waals surface area contributed by atoms with Crippen LogP contribution in [0.1, 0.15) is 61.3 Å². The summed E-state index contributed by atoms with van der Waals surface area (Å²) in [5.41, 5.74) is 3.44. The van der Waals surface area contributed by atoms with Crippen LogP contribution >= 0.6 is 0 Å². The van der Waals surface area contributed by atoms with Crippen molar-refractivity contribution >= 4 is 17.9 Å². The molecule has 1 unspecified atom stereocenters. The van der Waals surface area contributed by atoms with Gasteiger partial charge in [0.25, 0.3) is 0 Å². The first-order valence-corrected chi connectivity index (χ1v) is 14.2. The predicted octanol–water partition coefficient (Wildman–Crippen LogP) is 5.39. The molecule has 2 heterocycles. The van der Waals surface area contributed by atoms with Crippen molar-refractivity contribution in [2.24, 2.45) is 5.92 Å². The number of piperidine rings is 1. The van der Waals surface area contributed by atoms with E-state index in [9.17, 15) is 9.59 Å². The van der Waals surface area contributed by atoms with Crippen molar-refractivity contribution in [1.29, 1.82) is 0 Å². The zero-order valence-electron chi connectivity index (χ0n) is 22.7. The Hall–Kier alpha value is -3.77. The summed E-state index contributed by atoms with van der Waals surface area (Å²) in [6, 6.07) is 25.1. The summed E-state index contributed by atoms with van der Waals surface area (Å²) in [6.45, 7) is 3.13. The van der Waals surface area contributed by atoms with Gasteiger partial charge in [-0.25, -0.2) is 0 Å². The third kappa shape index (κ3) is 9.18. The van der Waals surface area contributed by atoms with E-state index in [0.717, 1.165) is 57.2 Å². The Bertz CT molecular complexity index is 1130. The van der Waals surface area contributed by atoms with Gasteiger partial charge in [0.05, 0.1) is 12.0 Å². The Morgan fingerprint density at radius 1 is 0.872 bits per heavy atom. The Morgan fingerprint density at radius 2 is 1.54 bits per heavy atom. The van der Waals surface area contributed by atoms with E-state index in [1.807, 2.05) is 12.1 Å². The zero-order chi connectivity index (χ0) is 27.1. The number of nitrogens with zero attached hydrogens (tertiary/aromatic N) is 2. The van der Waals surface area contributed by atoms with Crippen molar-refractivity contribution in [2.75, 3.05) is 26.2 Å². The number of amides is 2. The lowest BCUT2D eigenvalue weighted by atomic mass is 9.91. The van der Waals surface area contributed by atoms with E-state index in [1.54, 1.807) is 24.5 Å². The SMILES string of the molecule is O=C(C=Cc1cccnc1)NCCCCCCNC(=O)C1CCCN(C(c2ccccc2)c2ccccc2)C1. The quantitative estimate of drug-likeness (QED) is 0.232. The third-order valence-corrected chi connectivity index (χ3v) is 7.23. The number of carbonyl (C=O) groups excluding carboxylic acids is 2. The maximum Gasteiger partial charge on any atom is 0.243 e. The lowest BCUT2D eigenvalue weighted by molar-refractivity contribution is -0.127. The van der Waals surface area contributed by atoms with E-state index in [2.05, 4.69) is 81.2 Å². The van der Waals surface area contributed by atoms with Gasteiger partial charge in [0.1, 0.15) is 0 Å². The average molecular weight is 525 g/mol. The molecule has 4 rings (SSSR count). The molecule has 1 aromatic heterocycles. The first-order chi connectivity index (χ1) is 19.2. The fraction of sp³-hybridized carbons (Fsp3) is 0.364. The van der Waals surface area contributed by atoms with E-state index in [-0.39, 0.29) is 23.8 Å². The first-order valence-electron chi connectivity index (χ1n) is 14.2. The molecule has 204 valence electrons. The molecule has 2 amide bonds. The number of hydrogen-bond donors (Lipinski definition) is 2. The van der Waals surface area contributed by atoms with E-state index < -0.39 is 0 Å². The number of nitrogens with one attached hydrogen (secondary N) is 2. The average Bonchev–Trinajstić information content (AvgIpc) is 2.99. The van der Waals surface area contributed by atoms with Crippen molar-refractivity contribution in [3.8, 4) is 0 Å². The molecule has 2 N–H and O–H groups in total. The number of hydrogen-bond acceptors (Lipinski definition) is 4. The second kappa shape index (κ2) is 15.6. The number of rotatable bonds is 13. The van der Waals surface area contributed by atoms with Crippen LogP contribution in [-0.2, 0) is 9.59 Å². The highest BCUT2D eigenvalue weighted by Gasteiger charge is 2.31. The van der Waals surface area contributed by atoms with E-state index in [4.69, 9.17) is 0 Å². The van der Waals surface area contributed by atoms with E-state index in [1.165, 1.54) is 11.1 Å². The Balaban J connectivity index is 1.14. The van der Waals surface area contributed by atoms with Crippen molar-refractivity contribution in [3.05, 3.63) is 108 Å². The zero-order valence-corrected chi connectivity index (χ0v) is 22.7. The van der Waals surface area contributed by atoms with Gasteiger partial charge in [-0.2, -0.15) is 0 Å². The van der Waals surface area contributed by atoms with Gasteiger partial charge in [-0.1, -0.05) is 79.6 Å². The summed E-state index contributed by atoms with van der Waals surface area (Å²) in [5.74, 6) is 0.102. The molecule has 0 saturated carbocycles. The summed E-state index contributed by atoms with van der Waals surface area (Å²) >= 11 is 0. The fourth-order valence-corrected chi connectivity index (χ4v) is 5.22. The van der Waals surface area contributed by atoms with Crippen LogP contribution in [0, 0.1) is 5.92 Å². The maximum atomic E-state index is 13.0. The summed E-state index contributed by atoms with van der Waals surface area (Å²) in [6.07, 6.45) is 12.6. The van der Waals surface area contributed by atoms with Gasteiger partial charge in [-0.3, -0.25) is 19.5 Å². The molecule has 2 aromatic carbocycles. The fourth-order valence-electron chi connectivity index (χ4n) is 5.22. The molecule has 6 heteroatoms. The summed E-state index contributed by atoms with van der Waals surface area (Å²) in [5, 5.41) is 6.10. The molecule has 1 aliphatic rings. The molecule has 0 radical (unpaired) electrons. The molecule has 1 atom stereocenters. The van der Waals surface area contributed by atoms with Crippen LogP contribution < -0.4 is 10.6 Å². The van der Waals surface area contributed by atoms with Gasteiger partial charge < -0.3 is 10.6 Å². The van der Waals surface area contributed by atoms with E-state index in [0.29, 0.717) is 13.1 Å². The van der Waals surface area contributed by atoms with E-state index >= 15 is 0 Å². The minimum atomic E-state index is -0.0885. The molecular formula is C33H40N4O2. The number of pyridine rings is 1. The minimum absolute atomic E-state index is 0.0172. The highest BCUT2D eigenvalue weighted by molar-refractivity contribution is 5.91. The van der Waals surface area contributed by atoms with Crippen LogP contribution in [0.15, 0.2) is 91.3 Å². The highest BCUT2D eigenvalue weighted by atomic mass is 16.2. The van der Waals surface area contributed by atoms with Crippen LogP contribution in [0.3, 0.4) is 0 Å². The Morgan fingerprint density at radius 3 is 2.18 bits per heavy atom. The third-order valence-electron chi connectivity index (χ3n) is 7.23. The molecule has 1 fully saturated rings. The van der Waals surface area contributed by atoms with Crippen molar-refractivity contribution in [3.63, 3.8) is 0 Å². The molecule has 39 heavy (non-hydrogen) atoms. The van der Waals surface area contributed by atoms with Crippen LogP contribution in [0.4, 0.5) is 0 Å². The van der Waals surface area contributed by atoms with Gasteiger partial charge in [0.2, 0.25) is 11.8 Å². The monoisotopic (exact) mass is 524 g/mol.